The summed E-state index contributed by atoms with van der Waals surface area (Å²) in [7, 11) is 0. The number of rotatable bonds is 4. The summed E-state index contributed by atoms with van der Waals surface area (Å²) in [5, 5.41) is 0. The fourth-order valence-corrected chi connectivity index (χ4v) is 17.0. The molecule has 240 valence electrons. The molecule has 22 heteroatoms. The van der Waals surface area contributed by atoms with E-state index >= 15 is 35.1 Å². The molecule has 0 heterocycles. The van der Waals surface area contributed by atoms with Gasteiger partial charge in [0.15, 0.2) is 0 Å². The van der Waals surface area contributed by atoms with Crippen molar-refractivity contribution >= 4 is 31.5 Å². The zero-order valence-electron chi connectivity index (χ0n) is 21.1. The molecule has 0 aliphatic carbocycles. The second kappa shape index (κ2) is 12.4. The molecule has 0 atom stereocenters. The van der Waals surface area contributed by atoms with Crippen molar-refractivity contribution in [2.45, 2.75) is 0 Å². The number of hydrogen-bond donors (Lipinski definition) is 0. The molecule has 0 saturated carbocycles. The maximum Gasteiger partial charge on any atom is 1.00 e. The third-order valence-electron chi connectivity index (χ3n) is 6.71. The molecule has 0 aliphatic rings. The Morgan fingerprint density at radius 1 is 0.174 bits per heavy atom. The minimum absolute atomic E-state index is 0. The summed E-state index contributed by atoms with van der Waals surface area (Å²) in [5.41, 5.74) is 0. The normalized spacial score (nSPS) is 11.7. The van der Waals surface area contributed by atoms with Crippen LogP contribution in [-0.2, 0) is 0 Å². The van der Waals surface area contributed by atoms with Crippen molar-refractivity contribution in [2.24, 2.45) is 0 Å². The van der Waals surface area contributed by atoms with Crippen LogP contribution in [0.1, 0.15) is 0 Å². The summed E-state index contributed by atoms with van der Waals surface area (Å²) in [5.74, 6) is -70.5. The van der Waals surface area contributed by atoms with Gasteiger partial charge in [-0.15, -0.1) is 0 Å². The van der Waals surface area contributed by atoms with Gasteiger partial charge in [0.2, 0.25) is 0 Å². The first-order chi connectivity index (χ1) is 20.7. The van der Waals surface area contributed by atoms with Crippen LogP contribution in [0.2, 0.25) is 0 Å². The average Bonchev–Trinajstić information content (AvgIpc) is 3.00. The molecule has 4 aromatic carbocycles. The van der Waals surface area contributed by atoms with Crippen LogP contribution in [0.25, 0.3) is 0 Å². The SMILES string of the molecule is Fc1c(F)c(F)[c]([Ga-]([c]2c(F)c(F)c(F)c(F)c2F)([c]2c(F)c(F)c(F)c(F)c2F)[c]2c(F)c(F)c(F)c(F)c2F)c(F)c1F.[Li+]. The average molecular weight is 745 g/mol. The van der Waals surface area contributed by atoms with Gasteiger partial charge in [-0.2, -0.15) is 0 Å². The maximum atomic E-state index is 15.4. The maximum absolute atomic E-state index is 15.4. The van der Waals surface area contributed by atoms with Gasteiger partial charge in [0.05, 0.1) is 0 Å². The largest absolute Gasteiger partial charge is 1.00 e. The van der Waals surface area contributed by atoms with Gasteiger partial charge in [-0.3, -0.25) is 0 Å². The van der Waals surface area contributed by atoms with E-state index in [1.54, 1.807) is 0 Å². The van der Waals surface area contributed by atoms with Gasteiger partial charge < -0.3 is 0 Å². The standard InChI is InChI=1S/4C6F5.Ga.Li/c4*7-2-1-3(8)5(10)6(11)4(2)9;;/q;;;;-1;+1. The summed E-state index contributed by atoms with van der Waals surface area (Å²) in [6, 6.07) is 0. The smallest absolute Gasteiger partial charge is 1.00 e. The Morgan fingerprint density at radius 3 is 0.370 bits per heavy atom. The quantitative estimate of drug-likeness (QED) is 0.131. The van der Waals surface area contributed by atoms with E-state index in [1.807, 2.05) is 0 Å². The zero-order chi connectivity index (χ0) is 34.4. The van der Waals surface area contributed by atoms with Crippen molar-refractivity contribution in [1.29, 1.82) is 0 Å². The molecule has 0 radical (unpaired) electrons. The van der Waals surface area contributed by atoms with E-state index in [9.17, 15) is 52.7 Å². The Hall–Kier alpha value is -3.29. The van der Waals surface area contributed by atoms with Crippen LogP contribution in [-0.4, -0.2) is 15.0 Å². The molecule has 0 aromatic heterocycles. The minimum Gasteiger partial charge on any atom is 1.00 e. The van der Waals surface area contributed by atoms with E-state index in [0.29, 0.717) is 0 Å². The molecule has 46 heavy (non-hydrogen) atoms. The van der Waals surface area contributed by atoms with Crippen molar-refractivity contribution in [3.8, 4) is 0 Å². The van der Waals surface area contributed by atoms with Gasteiger partial charge >= 0.3 is 255 Å². The van der Waals surface area contributed by atoms with E-state index in [1.165, 1.54) is 0 Å². The van der Waals surface area contributed by atoms with Gasteiger partial charge in [0.25, 0.3) is 0 Å². The van der Waals surface area contributed by atoms with E-state index in [-0.39, 0.29) is 18.9 Å². The first-order valence-electron chi connectivity index (χ1n) is 10.9. The van der Waals surface area contributed by atoms with E-state index < -0.39 is 148 Å². The Morgan fingerprint density at radius 2 is 0.261 bits per heavy atom. The summed E-state index contributed by atoms with van der Waals surface area (Å²) >= 11 is -9.74. The monoisotopic (exact) mass is 744 g/mol. The van der Waals surface area contributed by atoms with Crippen LogP contribution in [0.3, 0.4) is 0 Å². The van der Waals surface area contributed by atoms with Crippen molar-refractivity contribution in [3.63, 3.8) is 0 Å². The molecule has 0 nitrogen and oxygen atoms in total. The molecule has 0 fully saturated rings. The molecule has 0 N–H and O–H groups in total. The van der Waals surface area contributed by atoms with Gasteiger partial charge in [-0.05, 0) is 0 Å². The first kappa shape index (κ1) is 37.2. The second-order valence-electron chi connectivity index (χ2n) is 8.80. The molecule has 4 aromatic rings. The molecule has 4 rings (SSSR count). The van der Waals surface area contributed by atoms with Crippen molar-refractivity contribution < 1.29 is 107 Å². The van der Waals surface area contributed by atoms with Crippen LogP contribution in [0.5, 0.6) is 0 Å². The second-order valence-corrected chi connectivity index (χ2v) is 17.3. The third-order valence-corrected chi connectivity index (χ3v) is 18.2. The van der Waals surface area contributed by atoms with E-state index in [0.717, 1.165) is 0 Å². The molecule has 0 bridgehead atoms. The van der Waals surface area contributed by atoms with Crippen molar-refractivity contribution in [2.75, 3.05) is 0 Å². The van der Waals surface area contributed by atoms with Crippen LogP contribution in [0, 0.1) is 116 Å². The molecule has 0 unspecified atom stereocenters. The summed E-state index contributed by atoms with van der Waals surface area (Å²) in [4.78, 5) is 0. The molecule has 0 amide bonds. The summed E-state index contributed by atoms with van der Waals surface area (Å²) in [6.07, 6.45) is 0. The Balaban J connectivity index is 0.00000576. The zero-order valence-corrected chi connectivity index (χ0v) is 23.6. The third kappa shape index (κ3) is 4.71. The van der Waals surface area contributed by atoms with Gasteiger partial charge in [-0.1, -0.05) is 0 Å². The molecule has 0 saturated heterocycles. The molecule has 0 spiro atoms. The predicted molar refractivity (Wildman–Crippen MR) is 109 cm³/mol. The first-order valence-corrected chi connectivity index (χ1v) is 15.8. The molecule has 0 aliphatic heterocycles. The fraction of sp³-hybridized carbons (Fsp3) is 0. The van der Waals surface area contributed by atoms with E-state index in [4.69, 9.17) is 0 Å². The summed E-state index contributed by atoms with van der Waals surface area (Å²) < 4.78 is 281. The van der Waals surface area contributed by atoms with Crippen LogP contribution >= 0.6 is 0 Å². The predicted octanol–water partition coefficient (Wildman–Crippen LogP) is 2.85. The van der Waals surface area contributed by atoms with Crippen LogP contribution < -0.4 is 35.3 Å². The van der Waals surface area contributed by atoms with Crippen molar-refractivity contribution in [1.82, 2.24) is 0 Å². The topological polar surface area (TPSA) is 0 Å². The molecular weight excluding hydrogens is 745 g/mol. The molecular formula is C24F20GaLi. The summed E-state index contributed by atoms with van der Waals surface area (Å²) in [6.45, 7) is 0. The Kier molecular flexibility index (Phi) is 10.0. The van der Waals surface area contributed by atoms with Crippen molar-refractivity contribution in [3.05, 3.63) is 116 Å². The fourth-order valence-electron chi connectivity index (χ4n) is 4.87. The van der Waals surface area contributed by atoms with Gasteiger partial charge in [0.1, 0.15) is 0 Å². The van der Waals surface area contributed by atoms with Crippen LogP contribution in [0.15, 0.2) is 0 Å². The van der Waals surface area contributed by atoms with E-state index in [2.05, 4.69) is 0 Å². The van der Waals surface area contributed by atoms with Gasteiger partial charge in [0, 0.05) is 0 Å². The number of benzene rings is 4. The van der Waals surface area contributed by atoms with Crippen LogP contribution in [0.4, 0.5) is 87.8 Å². The number of halogens is 20. The van der Waals surface area contributed by atoms with Gasteiger partial charge in [-0.25, -0.2) is 0 Å². The minimum atomic E-state index is -9.74. The Bertz CT molecular complexity index is 1580. The Labute approximate surface area is 254 Å². The number of hydrogen-bond acceptors (Lipinski definition) is 0.